The van der Waals surface area contributed by atoms with Crippen LogP contribution in [-0.2, 0) is 4.79 Å². The third-order valence-corrected chi connectivity index (χ3v) is 3.85. The van der Waals surface area contributed by atoms with Crippen LogP contribution in [0.25, 0.3) is 6.08 Å². The molecule has 0 saturated heterocycles. The number of nitrogens with zero attached hydrogens (tertiary/aromatic N) is 2. The van der Waals surface area contributed by atoms with Crippen molar-refractivity contribution in [2.24, 2.45) is 10.8 Å². The topological polar surface area (TPSA) is 58.7 Å². The first-order valence-corrected chi connectivity index (χ1v) is 7.23. The fraction of sp³-hybridized carbons (Fsp3) is 0. The number of rotatable bonds is 2. The highest BCUT2D eigenvalue weighted by Crippen LogP contribution is 2.29. The van der Waals surface area contributed by atoms with Crippen LogP contribution in [0.4, 0.5) is 5.69 Å². The number of benzene rings is 2. The fourth-order valence-electron chi connectivity index (χ4n) is 2.10. The number of carbonyl (C=O) groups excluding carboxylic acids is 1. The zero-order chi connectivity index (χ0) is 15.7. The van der Waals surface area contributed by atoms with Crippen molar-refractivity contribution in [2.45, 2.75) is 0 Å². The third kappa shape index (κ3) is 2.58. The lowest BCUT2D eigenvalue weighted by atomic mass is 10.1. The van der Waals surface area contributed by atoms with Gasteiger partial charge in [-0.3, -0.25) is 4.79 Å². The van der Waals surface area contributed by atoms with Gasteiger partial charge in [-0.15, -0.1) is 5.10 Å². The molecule has 110 valence electrons. The number of amidine groups is 1. The number of carbonyl (C=O) groups is 1. The summed E-state index contributed by atoms with van der Waals surface area (Å²) in [5.74, 6) is -0.190. The molecule has 0 spiro atoms. The lowest BCUT2D eigenvalue weighted by molar-refractivity contribution is -0.114. The minimum absolute atomic E-state index is 0.129. The van der Waals surface area contributed by atoms with E-state index < -0.39 is 0 Å². The molecule has 0 aromatic heterocycles. The monoisotopic (exact) mass is 331 g/mol. The first-order valence-electron chi connectivity index (χ1n) is 6.47. The number of anilines is 1. The van der Waals surface area contributed by atoms with Crippen LogP contribution in [0.3, 0.4) is 0 Å². The fourth-order valence-corrected chi connectivity index (χ4v) is 2.61. The highest BCUT2D eigenvalue weighted by Gasteiger charge is 2.29. The Balaban J connectivity index is 2.02. The number of hydrazone groups is 1. The second kappa shape index (κ2) is 5.83. The van der Waals surface area contributed by atoms with Crippen molar-refractivity contribution in [3.63, 3.8) is 0 Å². The predicted octanol–water partition coefficient (Wildman–Crippen LogP) is 3.70. The molecule has 0 radical (unpaired) electrons. The number of halogens is 2. The van der Waals surface area contributed by atoms with Gasteiger partial charge >= 0.3 is 0 Å². The molecule has 2 N–H and O–H groups in total. The molecule has 1 aliphatic rings. The van der Waals surface area contributed by atoms with Crippen molar-refractivity contribution < 1.29 is 4.79 Å². The first-order chi connectivity index (χ1) is 10.6. The van der Waals surface area contributed by atoms with Gasteiger partial charge in [0.2, 0.25) is 0 Å². The van der Waals surface area contributed by atoms with Crippen LogP contribution in [0.2, 0.25) is 10.0 Å². The molecule has 6 heteroatoms. The minimum Gasteiger partial charge on any atom is -0.382 e. The maximum Gasteiger partial charge on any atom is 0.282 e. The Hall–Kier alpha value is -2.30. The van der Waals surface area contributed by atoms with Crippen LogP contribution >= 0.6 is 23.2 Å². The van der Waals surface area contributed by atoms with Gasteiger partial charge in [-0.25, -0.2) is 0 Å². The normalized spacial score (nSPS) is 16.3. The van der Waals surface area contributed by atoms with Gasteiger partial charge in [0.1, 0.15) is 0 Å². The molecule has 2 aromatic carbocycles. The predicted molar refractivity (Wildman–Crippen MR) is 90.0 cm³/mol. The average Bonchev–Trinajstić information content (AvgIpc) is 2.79. The SMILES string of the molecule is NC1=NN(c2ccccc2)C(=O)/C1=C\c1c(Cl)cccc1Cl. The number of hydrogen-bond acceptors (Lipinski definition) is 3. The van der Waals surface area contributed by atoms with Gasteiger partial charge in [0.05, 0.1) is 11.3 Å². The lowest BCUT2D eigenvalue weighted by Gasteiger charge is -2.10. The van der Waals surface area contributed by atoms with Crippen molar-refractivity contribution >= 4 is 46.7 Å². The van der Waals surface area contributed by atoms with Crippen LogP contribution < -0.4 is 10.7 Å². The standard InChI is InChI=1S/C16H11Cl2N3O/c17-13-7-4-8-14(18)11(13)9-12-15(19)20-21(16(12)22)10-5-2-1-3-6-10/h1-9H,(H2,19,20)/b12-9-. The van der Waals surface area contributed by atoms with Crippen molar-refractivity contribution in [3.8, 4) is 0 Å². The zero-order valence-electron chi connectivity index (χ0n) is 11.3. The molecule has 0 saturated carbocycles. The summed E-state index contributed by atoms with van der Waals surface area (Å²) in [5.41, 5.74) is 7.33. The Morgan fingerprint density at radius 3 is 2.27 bits per heavy atom. The van der Waals surface area contributed by atoms with Crippen molar-refractivity contribution in [1.29, 1.82) is 0 Å². The van der Waals surface area contributed by atoms with E-state index in [2.05, 4.69) is 5.10 Å². The van der Waals surface area contributed by atoms with Crippen molar-refractivity contribution in [1.82, 2.24) is 0 Å². The highest BCUT2D eigenvalue weighted by atomic mass is 35.5. The molecule has 2 aromatic rings. The summed E-state index contributed by atoms with van der Waals surface area (Å²) in [6.45, 7) is 0. The Bertz CT molecular complexity index is 780. The first kappa shape index (κ1) is 14.6. The molecule has 0 aliphatic carbocycles. The van der Waals surface area contributed by atoms with Crippen LogP contribution in [0.15, 0.2) is 59.2 Å². The van der Waals surface area contributed by atoms with Crippen molar-refractivity contribution in [3.05, 3.63) is 69.7 Å². The summed E-state index contributed by atoms with van der Waals surface area (Å²) in [6, 6.07) is 14.2. The number of hydrogen-bond donors (Lipinski definition) is 1. The van der Waals surface area contributed by atoms with E-state index in [9.17, 15) is 4.79 Å². The van der Waals surface area contributed by atoms with Gasteiger partial charge in [-0.1, -0.05) is 47.5 Å². The number of nitrogens with two attached hydrogens (primary N) is 1. The van der Waals surface area contributed by atoms with Crippen LogP contribution in [0.5, 0.6) is 0 Å². The Morgan fingerprint density at radius 2 is 1.64 bits per heavy atom. The quantitative estimate of drug-likeness (QED) is 0.853. The molecular formula is C16H11Cl2N3O. The van der Waals surface area contributed by atoms with E-state index in [1.165, 1.54) is 5.01 Å². The zero-order valence-corrected chi connectivity index (χ0v) is 12.8. The van der Waals surface area contributed by atoms with Gasteiger partial charge in [-0.05, 0) is 30.3 Å². The second-order valence-electron chi connectivity index (χ2n) is 4.63. The maximum atomic E-state index is 12.5. The van der Waals surface area contributed by atoms with E-state index in [0.29, 0.717) is 21.3 Å². The molecule has 22 heavy (non-hydrogen) atoms. The van der Waals surface area contributed by atoms with E-state index in [-0.39, 0.29) is 17.3 Å². The molecule has 0 fully saturated rings. The van der Waals surface area contributed by atoms with E-state index >= 15 is 0 Å². The van der Waals surface area contributed by atoms with Crippen molar-refractivity contribution in [2.75, 3.05) is 5.01 Å². The van der Waals surface area contributed by atoms with Gasteiger partial charge < -0.3 is 5.73 Å². The van der Waals surface area contributed by atoms with Gasteiger partial charge in [0.15, 0.2) is 5.84 Å². The van der Waals surface area contributed by atoms with E-state index in [4.69, 9.17) is 28.9 Å². The molecule has 3 rings (SSSR count). The van der Waals surface area contributed by atoms with E-state index in [1.807, 2.05) is 18.2 Å². The third-order valence-electron chi connectivity index (χ3n) is 3.20. The average molecular weight is 332 g/mol. The van der Waals surface area contributed by atoms with E-state index in [1.54, 1.807) is 36.4 Å². The Morgan fingerprint density at radius 1 is 1.00 bits per heavy atom. The van der Waals surface area contributed by atoms with Crippen LogP contribution in [0.1, 0.15) is 5.56 Å². The van der Waals surface area contributed by atoms with Crippen LogP contribution in [0, 0.1) is 0 Å². The minimum atomic E-state index is -0.320. The molecule has 0 atom stereocenters. The lowest BCUT2D eigenvalue weighted by Crippen LogP contribution is -2.22. The summed E-state index contributed by atoms with van der Waals surface area (Å²) < 4.78 is 0. The molecule has 0 unspecified atom stereocenters. The highest BCUT2D eigenvalue weighted by molar-refractivity contribution is 6.38. The smallest absolute Gasteiger partial charge is 0.282 e. The molecular weight excluding hydrogens is 321 g/mol. The summed E-state index contributed by atoms with van der Waals surface area (Å²) in [6.07, 6.45) is 1.56. The largest absolute Gasteiger partial charge is 0.382 e. The van der Waals surface area contributed by atoms with Gasteiger partial charge in [0.25, 0.3) is 5.91 Å². The summed E-state index contributed by atoms with van der Waals surface area (Å²) >= 11 is 12.2. The van der Waals surface area contributed by atoms with Gasteiger partial charge in [0, 0.05) is 15.6 Å². The summed E-state index contributed by atoms with van der Waals surface area (Å²) in [5, 5.41) is 6.24. The molecule has 0 bridgehead atoms. The number of para-hydroxylation sites is 1. The molecule has 1 heterocycles. The molecule has 4 nitrogen and oxygen atoms in total. The number of amides is 1. The second-order valence-corrected chi connectivity index (χ2v) is 5.45. The summed E-state index contributed by atoms with van der Waals surface area (Å²) in [7, 11) is 0. The van der Waals surface area contributed by atoms with Crippen LogP contribution in [-0.4, -0.2) is 11.7 Å². The Labute approximate surface area is 137 Å². The summed E-state index contributed by atoms with van der Waals surface area (Å²) in [4.78, 5) is 12.5. The Kier molecular flexibility index (Phi) is 3.88. The van der Waals surface area contributed by atoms with E-state index in [0.717, 1.165) is 0 Å². The maximum absolute atomic E-state index is 12.5. The van der Waals surface area contributed by atoms with Gasteiger partial charge in [-0.2, -0.15) is 5.01 Å². The molecule has 1 aliphatic heterocycles. The molecule has 1 amide bonds.